The van der Waals surface area contributed by atoms with Gasteiger partial charge in [-0.25, -0.2) is 0 Å². The highest BCUT2D eigenvalue weighted by Gasteiger charge is 2.46. The molecule has 0 radical (unpaired) electrons. The van der Waals surface area contributed by atoms with Gasteiger partial charge in [-0.1, -0.05) is 42.5 Å². The number of benzene rings is 3. The molecule has 1 fully saturated rings. The van der Waals surface area contributed by atoms with E-state index in [0.29, 0.717) is 31.7 Å². The lowest BCUT2D eigenvalue weighted by atomic mass is 9.91. The van der Waals surface area contributed by atoms with Crippen molar-refractivity contribution in [3.05, 3.63) is 77.4 Å². The molecule has 0 saturated carbocycles. The molecule has 2 aliphatic heterocycles. The number of amides is 1. The second-order valence-electron chi connectivity index (χ2n) is 8.86. The standard InChI is InChI=1S/C28H28N2O5/c1-29-14-16-35-23-12-11-19(17-22(23)29)26(31)24-25(30(13-6-15-34-2)28(33)27(24)32)21-10-5-8-18-7-3-4-9-20(18)21/h3-5,7-12,17,25,31H,6,13-16H2,1-2H3/b26-24+. The first-order chi connectivity index (χ1) is 17.0. The third-order valence-electron chi connectivity index (χ3n) is 6.73. The first kappa shape index (κ1) is 22.9. The number of methoxy groups -OCH3 is 1. The SMILES string of the molecule is COCCCN1C(=O)C(=O)/C(=C(/O)c2ccc3c(c2)N(C)CCO3)C1c1cccc2ccccc12. The highest BCUT2D eigenvalue weighted by Crippen LogP contribution is 2.43. The van der Waals surface area contributed by atoms with Crippen LogP contribution in [0.15, 0.2) is 66.2 Å². The number of carbonyl (C=O) groups is 2. The minimum Gasteiger partial charge on any atom is -0.507 e. The summed E-state index contributed by atoms with van der Waals surface area (Å²) in [6, 6.07) is 18.3. The summed E-state index contributed by atoms with van der Waals surface area (Å²) in [6.07, 6.45) is 0.575. The molecular formula is C28H28N2O5. The molecule has 2 heterocycles. The van der Waals surface area contributed by atoms with Crippen molar-refractivity contribution in [2.75, 3.05) is 45.4 Å². The van der Waals surface area contributed by atoms with Crippen LogP contribution >= 0.6 is 0 Å². The van der Waals surface area contributed by atoms with Gasteiger partial charge >= 0.3 is 0 Å². The van der Waals surface area contributed by atoms with Gasteiger partial charge in [0.05, 0.1) is 23.8 Å². The predicted molar refractivity (Wildman–Crippen MR) is 135 cm³/mol. The van der Waals surface area contributed by atoms with E-state index >= 15 is 0 Å². The lowest BCUT2D eigenvalue weighted by molar-refractivity contribution is -0.140. The third-order valence-corrected chi connectivity index (χ3v) is 6.73. The molecule has 35 heavy (non-hydrogen) atoms. The van der Waals surface area contributed by atoms with E-state index in [0.717, 1.165) is 34.3 Å². The highest BCUT2D eigenvalue weighted by molar-refractivity contribution is 6.46. The Labute approximate surface area is 204 Å². The van der Waals surface area contributed by atoms with Crippen molar-refractivity contribution in [2.24, 2.45) is 0 Å². The van der Waals surface area contributed by atoms with E-state index in [4.69, 9.17) is 9.47 Å². The molecule has 1 amide bonds. The predicted octanol–water partition coefficient (Wildman–Crippen LogP) is 4.13. The third kappa shape index (κ3) is 4.02. The Kier molecular flexibility index (Phi) is 6.17. The number of fused-ring (bicyclic) bond motifs is 2. The normalized spacial score (nSPS) is 19.2. The van der Waals surface area contributed by atoms with Gasteiger partial charge in [0.25, 0.3) is 11.7 Å². The molecule has 0 aliphatic carbocycles. The number of ether oxygens (including phenoxy) is 2. The fourth-order valence-corrected chi connectivity index (χ4v) is 4.96. The van der Waals surface area contributed by atoms with E-state index in [1.807, 2.05) is 60.5 Å². The summed E-state index contributed by atoms with van der Waals surface area (Å²) in [5.74, 6) is -0.752. The number of carbonyl (C=O) groups excluding carboxylic acids is 2. The molecule has 5 rings (SSSR count). The molecular weight excluding hydrogens is 444 g/mol. The number of anilines is 1. The van der Waals surface area contributed by atoms with Crippen LogP contribution in [0.2, 0.25) is 0 Å². The van der Waals surface area contributed by atoms with Gasteiger partial charge in [-0.3, -0.25) is 9.59 Å². The highest BCUT2D eigenvalue weighted by atomic mass is 16.5. The van der Waals surface area contributed by atoms with Crippen molar-refractivity contribution in [1.29, 1.82) is 0 Å². The van der Waals surface area contributed by atoms with Crippen molar-refractivity contribution >= 4 is 33.9 Å². The van der Waals surface area contributed by atoms with E-state index in [9.17, 15) is 14.7 Å². The minimum atomic E-state index is -0.706. The van der Waals surface area contributed by atoms with Crippen LogP contribution in [0.5, 0.6) is 5.75 Å². The lowest BCUT2D eigenvalue weighted by Gasteiger charge is -2.28. The van der Waals surface area contributed by atoms with E-state index < -0.39 is 17.7 Å². The van der Waals surface area contributed by atoms with Crippen LogP contribution in [0, 0.1) is 0 Å². The van der Waals surface area contributed by atoms with Crippen LogP contribution < -0.4 is 9.64 Å². The Morgan fingerprint density at radius 1 is 1.11 bits per heavy atom. The topological polar surface area (TPSA) is 79.3 Å². The lowest BCUT2D eigenvalue weighted by Crippen LogP contribution is -2.31. The maximum atomic E-state index is 13.4. The molecule has 3 aromatic rings. The van der Waals surface area contributed by atoms with E-state index in [2.05, 4.69) is 0 Å². The van der Waals surface area contributed by atoms with Gasteiger partial charge in [0.1, 0.15) is 18.1 Å². The van der Waals surface area contributed by atoms with Crippen LogP contribution in [0.4, 0.5) is 5.69 Å². The molecule has 2 aliphatic rings. The average molecular weight is 473 g/mol. The van der Waals surface area contributed by atoms with Gasteiger partial charge in [-0.05, 0) is 41.0 Å². The molecule has 180 valence electrons. The fraction of sp³-hybridized carbons (Fsp3) is 0.286. The van der Waals surface area contributed by atoms with Crippen LogP contribution in [-0.2, 0) is 14.3 Å². The largest absolute Gasteiger partial charge is 0.507 e. The van der Waals surface area contributed by atoms with Crippen molar-refractivity contribution < 1.29 is 24.2 Å². The Morgan fingerprint density at radius 2 is 1.91 bits per heavy atom. The molecule has 1 unspecified atom stereocenters. The second kappa shape index (κ2) is 9.43. The molecule has 0 bridgehead atoms. The van der Waals surface area contributed by atoms with Crippen molar-refractivity contribution in [2.45, 2.75) is 12.5 Å². The molecule has 1 saturated heterocycles. The minimum absolute atomic E-state index is 0.100. The van der Waals surface area contributed by atoms with Crippen LogP contribution in [0.25, 0.3) is 16.5 Å². The number of ketones is 1. The van der Waals surface area contributed by atoms with Gasteiger partial charge in [0.15, 0.2) is 0 Å². The maximum absolute atomic E-state index is 13.4. The molecule has 3 aromatic carbocycles. The number of Topliss-reactive ketones (excluding diaryl/α,β-unsaturated/α-hetero) is 1. The monoisotopic (exact) mass is 472 g/mol. The zero-order valence-corrected chi connectivity index (χ0v) is 19.9. The molecule has 0 aromatic heterocycles. The van der Waals surface area contributed by atoms with Crippen molar-refractivity contribution in [3.8, 4) is 5.75 Å². The van der Waals surface area contributed by atoms with Gasteiger partial charge in [-0.15, -0.1) is 0 Å². The number of likely N-dealkylation sites (N-methyl/N-ethyl adjacent to an activating group) is 1. The van der Waals surface area contributed by atoms with E-state index in [-0.39, 0.29) is 11.3 Å². The average Bonchev–Trinajstić information content (AvgIpc) is 3.13. The summed E-state index contributed by atoms with van der Waals surface area (Å²) in [6.45, 7) is 2.10. The first-order valence-electron chi connectivity index (χ1n) is 11.7. The summed E-state index contributed by atoms with van der Waals surface area (Å²) >= 11 is 0. The number of aliphatic hydroxyl groups excluding tert-OH is 1. The number of hydrogen-bond donors (Lipinski definition) is 1. The zero-order valence-electron chi connectivity index (χ0n) is 19.9. The Balaban J connectivity index is 1.68. The van der Waals surface area contributed by atoms with Crippen molar-refractivity contribution in [1.82, 2.24) is 4.90 Å². The van der Waals surface area contributed by atoms with Gasteiger partial charge in [0, 0.05) is 32.9 Å². The molecule has 7 nitrogen and oxygen atoms in total. The summed E-state index contributed by atoms with van der Waals surface area (Å²) < 4.78 is 10.9. The summed E-state index contributed by atoms with van der Waals surface area (Å²) in [5.41, 5.74) is 2.21. The van der Waals surface area contributed by atoms with Crippen LogP contribution in [0.3, 0.4) is 0 Å². The van der Waals surface area contributed by atoms with Crippen molar-refractivity contribution in [3.63, 3.8) is 0 Å². The summed E-state index contributed by atoms with van der Waals surface area (Å²) in [4.78, 5) is 30.2. The smallest absolute Gasteiger partial charge is 0.295 e. The number of hydrogen-bond acceptors (Lipinski definition) is 6. The second-order valence-corrected chi connectivity index (χ2v) is 8.86. The Bertz CT molecular complexity index is 1330. The molecule has 1 N–H and O–H groups in total. The van der Waals surface area contributed by atoms with Crippen LogP contribution in [-0.4, -0.2) is 62.2 Å². The van der Waals surface area contributed by atoms with Crippen LogP contribution in [0.1, 0.15) is 23.6 Å². The zero-order chi connectivity index (χ0) is 24.5. The number of rotatable bonds is 6. The Morgan fingerprint density at radius 3 is 2.74 bits per heavy atom. The number of nitrogens with zero attached hydrogens (tertiary/aromatic N) is 2. The number of likely N-dealkylation sites (tertiary alicyclic amines) is 1. The molecule has 7 heteroatoms. The summed E-state index contributed by atoms with van der Waals surface area (Å²) in [7, 11) is 3.56. The van der Waals surface area contributed by atoms with Gasteiger partial charge < -0.3 is 24.4 Å². The van der Waals surface area contributed by atoms with E-state index in [1.54, 1.807) is 24.1 Å². The van der Waals surface area contributed by atoms with E-state index in [1.165, 1.54) is 0 Å². The maximum Gasteiger partial charge on any atom is 0.295 e. The van der Waals surface area contributed by atoms with Gasteiger partial charge in [0.2, 0.25) is 0 Å². The fourth-order valence-electron chi connectivity index (χ4n) is 4.96. The summed E-state index contributed by atoms with van der Waals surface area (Å²) in [5, 5.41) is 13.4. The van der Waals surface area contributed by atoms with Gasteiger partial charge in [-0.2, -0.15) is 0 Å². The Hall–Kier alpha value is -3.84. The quantitative estimate of drug-likeness (QED) is 0.252. The molecule has 1 atom stereocenters. The number of aliphatic hydroxyl groups is 1. The first-order valence-corrected chi connectivity index (χ1v) is 11.7. The molecule has 0 spiro atoms.